The second-order valence-corrected chi connectivity index (χ2v) is 6.55. The molecule has 0 bridgehead atoms. The lowest BCUT2D eigenvalue weighted by molar-refractivity contribution is 0.567. The number of hydrogen-bond acceptors (Lipinski definition) is 3. The van der Waals surface area contributed by atoms with Gasteiger partial charge in [-0.2, -0.15) is 0 Å². The number of fused-ring (bicyclic) bond motifs is 1. The van der Waals surface area contributed by atoms with Gasteiger partial charge in [0.15, 0.2) is 5.03 Å². The van der Waals surface area contributed by atoms with Crippen molar-refractivity contribution >= 4 is 15.5 Å². The molecule has 0 saturated carbocycles. The van der Waals surface area contributed by atoms with Gasteiger partial charge in [0.1, 0.15) is 5.82 Å². The summed E-state index contributed by atoms with van der Waals surface area (Å²) in [6.07, 6.45) is 2.55. The first-order chi connectivity index (χ1) is 8.85. The number of imidazole rings is 1. The summed E-state index contributed by atoms with van der Waals surface area (Å²) in [5.74, 6) is 0.749. The van der Waals surface area contributed by atoms with Gasteiger partial charge in [0.05, 0.1) is 5.52 Å². The highest BCUT2D eigenvalue weighted by atomic mass is 32.2. The van der Waals surface area contributed by atoms with E-state index in [4.69, 9.17) is 0 Å². The fourth-order valence-corrected chi connectivity index (χ4v) is 3.43. The molecule has 104 valence electrons. The van der Waals surface area contributed by atoms with Crippen molar-refractivity contribution in [1.82, 2.24) is 14.1 Å². The van der Waals surface area contributed by atoms with Crippen molar-refractivity contribution in [3.05, 3.63) is 29.7 Å². The number of hydrogen-bond donors (Lipinski definition) is 1. The lowest BCUT2D eigenvalue weighted by atomic mass is 10.3. The summed E-state index contributed by atoms with van der Waals surface area (Å²) in [6.45, 7) is 7.48. The lowest BCUT2D eigenvalue weighted by Gasteiger charge is -2.07. The van der Waals surface area contributed by atoms with Crippen molar-refractivity contribution in [1.29, 1.82) is 0 Å². The molecular formula is C13H19N3O2S. The van der Waals surface area contributed by atoms with Crippen LogP contribution < -0.4 is 4.72 Å². The van der Waals surface area contributed by atoms with E-state index in [2.05, 4.69) is 9.71 Å². The zero-order valence-electron chi connectivity index (χ0n) is 11.6. The molecule has 6 heteroatoms. The third-order valence-electron chi connectivity index (χ3n) is 2.80. The summed E-state index contributed by atoms with van der Waals surface area (Å²) in [5.41, 5.74) is 1.64. The van der Waals surface area contributed by atoms with Crippen molar-refractivity contribution in [2.24, 2.45) is 0 Å². The van der Waals surface area contributed by atoms with Crippen LogP contribution in [0.1, 0.15) is 32.2 Å². The predicted octanol–water partition coefficient (Wildman–Crippen LogP) is 1.89. The molecule has 0 fully saturated rings. The first kappa shape index (κ1) is 14.0. The van der Waals surface area contributed by atoms with Gasteiger partial charge in [-0.3, -0.25) is 0 Å². The van der Waals surface area contributed by atoms with E-state index in [0.29, 0.717) is 11.9 Å². The highest BCUT2D eigenvalue weighted by molar-refractivity contribution is 7.89. The maximum atomic E-state index is 12.3. The maximum absolute atomic E-state index is 12.3. The summed E-state index contributed by atoms with van der Waals surface area (Å²) < 4.78 is 29.0. The Morgan fingerprint density at radius 3 is 2.68 bits per heavy atom. The molecule has 0 radical (unpaired) electrons. The average molecular weight is 281 g/mol. The summed E-state index contributed by atoms with van der Waals surface area (Å²) in [4.78, 5) is 4.29. The molecule has 1 N–H and O–H groups in total. The Hall–Kier alpha value is -1.40. The number of rotatable bonds is 4. The molecule has 0 aliphatic rings. The first-order valence-electron chi connectivity index (χ1n) is 6.35. The third kappa shape index (κ3) is 2.64. The molecule has 2 rings (SSSR count). The molecule has 0 spiro atoms. The van der Waals surface area contributed by atoms with Crippen LogP contribution in [0.4, 0.5) is 0 Å². The predicted molar refractivity (Wildman–Crippen MR) is 74.8 cm³/mol. The molecule has 0 saturated heterocycles. The highest BCUT2D eigenvalue weighted by Crippen LogP contribution is 2.20. The Labute approximate surface area is 113 Å². The minimum Gasteiger partial charge on any atom is -0.302 e. The van der Waals surface area contributed by atoms with Crippen LogP contribution in [0.25, 0.3) is 5.52 Å². The summed E-state index contributed by atoms with van der Waals surface area (Å²) >= 11 is 0. The Kier molecular flexibility index (Phi) is 3.64. The van der Waals surface area contributed by atoms with E-state index in [9.17, 15) is 8.42 Å². The number of aryl methyl sites for hydroxylation is 2. The van der Waals surface area contributed by atoms with E-state index >= 15 is 0 Å². The molecule has 0 aliphatic carbocycles. The molecule has 19 heavy (non-hydrogen) atoms. The molecule has 0 aromatic carbocycles. The molecule has 5 nitrogen and oxygen atoms in total. The van der Waals surface area contributed by atoms with Gasteiger partial charge >= 0.3 is 0 Å². The number of nitrogens with one attached hydrogen (secondary N) is 1. The zero-order chi connectivity index (χ0) is 14.2. The second-order valence-electron chi connectivity index (χ2n) is 4.92. The van der Waals surface area contributed by atoms with E-state index in [1.54, 1.807) is 13.8 Å². The van der Waals surface area contributed by atoms with Crippen LogP contribution in [0.15, 0.2) is 23.4 Å². The van der Waals surface area contributed by atoms with Gasteiger partial charge in [0.2, 0.25) is 0 Å². The molecule has 2 aromatic heterocycles. The normalized spacial score (nSPS) is 12.5. The lowest BCUT2D eigenvalue weighted by Crippen LogP contribution is -2.30. The van der Waals surface area contributed by atoms with Gasteiger partial charge in [0.25, 0.3) is 10.0 Å². The van der Waals surface area contributed by atoms with Crippen LogP contribution in [-0.2, 0) is 16.4 Å². The minimum absolute atomic E-state index is 0.113. The van der Waals surface area contributed by atoms with Crippen molar-refractivity contribution in [3.63, 3.8) is 0 Å². The van der Waals surface area contributed by atoms with Crippen LogP contribution in [0.3, 0.4) is 0 Å². The molecule has 2 aromatic rings. The van der Waals surface area contributed by atoms with Crippen molar-refractivity contribution in [3.8, 4) is 0 Å². The molecule has 0 atom stereocenters. The van der Waals surface area contributed by atoms with Crippen molar-refractivity contribution < 1.29 is 8.42 Å². The van der Waals surface area contributed by atoms with E-state index in [-0.39, 0.29) is 11.1 Å². The summed E-state index contributed by atoms with van der Waals surface area (Å²) in [5, 5.41) is 0.113. The Morgan fingerprint density at radius 1 is 1.42 bits per heavy atom. The van der Waals surface area contributed by atoms with Crippen molar-refractivity contribution in [2.45, 2.75) is 45.2 Å². The van der Waals surface area contributed by atoms with Gasteiger partial charge in [-0.25, -0.2) is 18.1 Å². The van der Waals surface area contributed by atoms with E-state index in [1.807, 2.05) is 36.6 Å². The topological polar surface area (TPSA) is 63.5 Å². The maximum Gasteiger partial charge on any atom is 0.260 e. The van der Waals surface area contributed by atoms with Crippen molar-refractivity contribution in [2.75, 3.05) is 0 Å². The fraction of sp³-hybridized carbons (Fsp3) is 0.462. The molecule has 0 amide bonds. The third-order valence-corrected chi connectivity index (χ3v) is 4.39. The van der Waals surface area contributed by atoms with Crippen LogP contribution >= 0.6 is 0 Å². The Bertz CT molecular complexity index is 702. The Morgan fingerprint density at radius 2 is 2.11 bits per heavy atom. The monoisotopic (exact) mass is 281 g/mol. The molecular weight excluding hydrogens is 262 g/mol. The van der Waals surface area contributed by atoms with E-state index in [0.717, 1.165) is 11.4 Å². The van der Waals surface area contributed by atoms with Gasteiger partial charge < -0.3 is 4.40 Å². The van der Waals surface area contributed by atoms with Gasteiger partial charge in [0, 0.05) is 18.7 Å². The highest BCUT2D eigenvalue weighted by Gasteiger charge is 2.23. The summed E-state index contributed by atoms with van der Waals surface area (Å²) in [6, 6.07) is 3.64. The van der Waals surface area contributed by atoms with E-state index in [1.165, 1.54) is 0 Å². The number of aromatic nitrogens is 2. The standard InChI is InChI=1S/C13H19N3O2S/c1-5-12-14-13(19(17,18)15-9(2)3)11-8-10(4)6-7-16(11)12/h6-9,15H,5H2,1-4H3. The molecule has 2 heterocycles. The smallest absolute Gasteiger partial charge is 0.260 e. The van der Waals surface area contributed by atoms with Crippen LogP contribution in [0, 0.1) is 6.92 Å². The Balaban J connectivity index is 2.70. The summed E-state index contributed by atoms with van der Waals surface area (Å²) in [7, 11) is -3.57. The number of sulfonamides is 1. The van der Waals surface area contributed by atoms with Crippen LogP contribution in [0.5, 0.6) is 0 Å². The number of pyridine rings is 1. The SMILES string of the molecule is CCc1nc(S(=O)(=O)NC(C)C)c2cc(C)ccn12. The fourth-order valence-electron chi connectivity index (χ4n) is 2.04. The molecule has 0 aliphatic heterocycles. The molecule has 0 unspecified atom stereocenters. The van der Waals surface area contributed by atoms with Crippen LogP contribution in [0.2, 0.25) is 0 Å². The van der Waals surface area contributed by atoms with Gasteiger partial charge in [-0.05, 0) is 38.5 Å². The zero-order valence-corrected chi connectivity index (χ0v) is 12.5. The average Bonchev–Trinajstić information content (AvgIpc) is 2.65. The number of nitrogens with zero attached hydrogens (tertiary/aromatic N) is 2. The second kappa shape index (κ2) is 4.94. The first-order valence-corrected chi connectivity index (χ1v) is 7.83. The van der Waals surface area contributed by atoms with Gasteiger partial charge in [-0.1, -0.05) is 6.92 Å². The quantitative estimate of drug-likeness (QED) is 0.931. The minimum atomic E-state index is -3.57. The van der Waals surface area contributed by atoms with Crippen LogP contribution in [-0.4, -0.2) is 23.8 Å². The van der Waals surface area contributed by atoms with E-state index < -0.39 is 10.0 Å². The van der Waals surface area contributed by atoms with Gasteiger partial charge in [-0.15, -0.1) is 0 Å². The largest absolute Gasteiger partial charge is 0.302 e.